The lowest BCUT2D eigenvalue weighted by atomic mass is 9.89. The lowest BCUT2D eigenvalue weighted by Gasteiger charge is -2.33. The molecule has 1 amide bonds. The van der Waals surface area contributed by atoms with E-state index in [2.05, 4.69) is 4.90 Å². The normalized spacial score (nSPS) is 13.4. The topological polar surface area (TPSA) is 134 Å². The number of hydrogen-bond donors (Lipinski definition) is 2. The van der Waals surface area contributed by atoms with Gasteiger partial charge in [-0.15, -0.1) is 0 Å². The van der Waals surface area contributed by atoms with Crippen LogP contribution in [0.25, 0.3) is 0 Å². The van der Waals surface area contributed by atoms with Crippen molar-refractivity contribution in [2.75, 3.05) is 45.3 Å². The standard InChI is InChI=1S/C30H33FN2O4.C2H2O4/c1-36-21-22-7-9-25(10-8-22)30(35)33(27-5-3-4-6-28(27)37-2)20-19-32-17-15-24(16-18-32)29(34)23-11-13-26(31)14-12-23;3-1(4)2(5)6/h3-14,24H,15-21H2,1-2H3;(H,3,4)(H,5,6). The van der Waals surface area contributed by atoms with Crippen LogP contribution in [0.15, 0.2) is 72.8 Å². The Morgan fingerprint density at radius 3 is 2.00 bits per heavy atom. The molecule has 10 nitrogen and oxygen atoms in total. The van der Waals surface area contributed by atoms with Crippen LogP contribution in [-0.2, 0) is 20.9 Å². The number of ketones is 1. The van der Waals surface area contributed by atoms with Crippen molar-refractivity contribution in [3.63, 3.8) is 0 Å². The molecule has 0 aromatic heterocycles. The first-order valence-electron chi connectivity index (χ1n) is 13.7. The van der Waals surface area contributed by atoms with Crippen LogP contribution < -0.4 is 9.64 Å². The van der Waals surface area contributed by atoms with Gasteiger partial charge in [0.25, 0.3) is 5.91 Å². The lowest BCUT2D eigenvalue weighted by molar-refractivity contribution is -0.159. The smallest absolute Gasteiger partial charge is 0.414 e. The molecule has 0 aliphatic carbocycles. The van der Waals surface area contributed by atoms with Crippen molar-refractivity contribution < 1.29 is 43.3 Å². The molecule has 1 saturated heterocycles. The number of benzene rings is 3. The SMILES string of the molecule is COCc1ccc(C(=O)N(CCN2CCC(C(=O)c3ccc(F)cc3)CC2)c2ccccc2OC)cc1.O=C(O)C(=O)O. The molecule has 11 heteroatoms. The molecule has 3 aromatic carbocycles. The van der Waals surface area contributed by atoms with E-state index in [0.717, 1.165) is 37.2 Å². The van der Waals surface area contributed by atoms with Crippen molar-refractivity contribution in [1.29, 1.82) is 0 Å². The number of carboxylic acid groups (broad SMARTS) is 2. The third-order valence-corrected chi connectivity index (χ3v) is 7.04. The summed E-state index contributed by atoms with van der Waals surface area (Å²) in [5.74, 6) is -3.46. The maximum absolute atomic E-state index is 13.6. The average molecular weight is 595 g/mol. The average Bonchev–Trinajstić information content (AvgIpc) is 3.02. The summed E-state index contributed by atoms with van der Waals surface area (Å²) in [6.07, 6.45) is 1.47. The monoisotopic (exact) mass is 594 g/mol. The highest BCUT2D eigenvalue weighted by Crippen LogP contribution is 2.29. The number of carbonyl (C=O) groups excluding carboxylic acids is 2. The van der Waals surface area contributed by atoms with E-state index in [1.807, 2.05) is 48.5 Å². The quantitative estimate of drug-likeness (QED) is 0.259. The van der Waals surface area contributed by atoms with Gasteiger partial charge in [0.2, 0.25) is 0 Å². The number of methoxy groups -OCH3 is 2. The number of para-hydroxylation sites is 2. The van der Waals surface area contributed by atoms with Gasteiger partial charge in [-0.05, 0) is 80.0 Å². The number of piperidine rings is 1. The zero-order chi connectivity index (χ0) is 31.4. The molecule has 43 heavy (non-hydrogen) atoms. The molecule has 2 N–H and O–H groups in total. The van der Waals surface area contributed by atoms with Gasteiger partial charge in [0.1, 0.15) is 11.6 Å². The molecule has 0 spiro atoms. The van der Waals surface area contributed by atoms with E-state index in [1.165, 1.54) is 12.1 Å². The number of ether oxygens (including phenoxy) is 2. The Bertz CT molecular complexity index is 1380. The summed E-state index contributed by atoms with van der Waals surface area (Å²) >= 11 is 0. The van der Waals surface area contributed by atoms with E-state index in [4.69, 9.17) is 29.3 Å². The van der Waals surface area contributed by atoms with Crippen LogP contribution in [0.4, 0.5) is 10.1 Å². The van der Waals surface area contributed by atoms with Crippen molar-refractivity contribution in [1.82, 2.24) is 4.90 Å². The van der Waals surface area contributed by atoms with E-state index in [1.54, 1.807) is 31.3 Å². The van der Waals surface area contributed by atoms with Gasteiger partial charge in [0, 0.05) is 37.2 Å². The zero-order valence-electron chi connectivity index (χ0n) is 24.1. The zero-order valence-corrected chi connectivity index (χ0v) is 24.1. The minimum absolute atomic E-state index is 0.0701. The third-order valence-electron chi connectivity index (χ3n) is 7.04. The highest BCUT2D eigenvalue weighted by atomic mass is 19.1. The maximum Gasteiger partial charge on any atom is 0.414 e. The summed E-state index contributed by atoms with van der Waals surface area (Å²) in [5, 5.41) is 14.8. The number of Topliss-reactive ketones (excluding diaryl/α,β-unsaturated/α-hetero) is 1. The molecule has 0 atom stereocenters. The molecule has 3 aromatic rings. The predicted molar refractivity (Wildman–Crippen MR) is 157 cm³/mol. The van der Waals surface area contributed by atoms with Crippen LogP contribution in [0.1, 0.15) is 39.1 Å². The van der Waals surface area contributed by atoms with Crippen molar-refractivity contribution in [2.24, 2.45) is 5.92 Å². The second-order valence-electron chi connectivity index (χ2n) is 9.86. The van der Waals surface area contributed by atoms with Crippen molar-refractivity contribution in [3.05, 3.63) is 95.3 Å². The van der Waals surface area contributed by atoms with Gasteiger partial charge in [-0.1, -0.05) is 24.3 Å². The van der Waals surface area contributed by atoms with Gasteiger partial charge in [-0.2, -0.15) is 0 Å². The highest BCUT2D eigenvalue weighted by Gasteiger charge is 2.27. The van der Waals surface area contributed by atoms with Gasteiger partial charge in [-0.3, -0.25) is 9.59 Å². The summed E-state index contributed by atoms with van der Waals surface area (Å²) in [6.45, 7) is 3.16. The van der Waals surface area contributed by atoms with Gasteiger partial charge >= 0.3 is 11.9 Å². The molecule has 1 fully saturated rings. The molecule has 0 saturated carbocycles. The van der Waals surface area contributed by atoms with E-state index in [0.29, 0.717) is 36.6 Å². The van der Waals surface area contributed by atoms with Crippen LogP contribution in [0.5, 0.6) is 5.75 Å². The Hall–Kier alpha value is -4.61. The summed E-state index contributed by atoms with van der Waals surface area (Å²) in [5.41, 5.74) is 2.87. The lowest BCUT2D eigenvalue weighted by Crippen LogP contribution is -2.43. The van der Waals surface area contributed by atoms with Crippen LogP contribution in [0.2, 0.25) is 0 Å². The number of carbonyl (C=O) groups is 4. The molecule has 4 rings (SSSR count). The molecule has 0 bridgehead atoms. The number of nitrogens with zero attached hydrogens (tertiary/aromatic N) is 2. The Morgan fingerprint density at radius 1 is 0.860 bits per heavy atom. The predicted octanol–water partition coefficient (Wildman–Crippen LogP) is 4.38. The number of hydrogen-bond acceptors (Lipinski definition) is 7. The Balaban J connectivity index is 0.000000765. The second-order valence-corrected chi connectivity index (χ2v) is 9.86. The molecular formula is C32H35FN2O8. The van der Waals surface area contributed by atoms with Crippen LogP contribution in [-0.4, -0.2) is 79.1 Å². The highest BCUT2D eigenvalue weighted by molar-refractivity contribution is 6.27. The molecule has 0 unspecified atom stereocenters. The fourth-order valence-corrected chi connectivity index (χ4v) is 4.76. The molecule has 0 radical (unpaired) electrons. The first-order valence-corrected chi connectivity index (χ1v) is 13.7. The summed E-state index contributed by atoms with van der Waals surface area (Å²) in [7, 11) is 3.24. The fourth-order valence-electron chi connectivity index (χ4n) is 4.76. The minimum atomic E-state index is -1.82. The number of carboxylic acids is 2. The maximum atomic E-state index is 13.6. The van der Waals surface area contributed by atoms with Crippen molar-refractivity contribution in [3.8, 4) is 5.75 Å². The number of anilines is 1. The van der Waals surface area contributed by atoms with Gasteiger partial charge in [0.15, 0.2) is 5.78 Å². The van der Waals surface area contributed by atoms with Crippen molar-refractivity contribution in [2.45, 2.75) is 19.4 Å². The second kappa shape index (κ2) is 16.1. The largest absolute Gasteiger partial charge is 0.495 e. The molecule has 1 aliphatic rings. The Morgan fingerprint density at radius 2 is 1.44 bits per heavy atom. The van der Waals surface area contributed by atoms with Crippen molar-refractivity contribution >= 4 is 29.3 Å². The van der Waals surface area contributed by atoms with Crippen LogP contribution in [0, 0.1) is 11.7 Å². The van der Waals surface area contributed by atoms with Gasteiger partial charge in [-0.25, -0.2) is 14.0 Å². The Kier molecular flexibility index (Phi) is 12.3. The number of likely N-dealkylation sites (tertiary alicyclic amines) is 1. The van der Waals surface area contributed by atoms with Crippen LogP contribution >= 0.6 is 0 Å². The summed E-state index contributed by atoms with van der Waals surface area (Å²) < 4.78 is 24.0. The summed E-state index contributed by atoms with van der Waals surface area (Å²) in [4.78, 5) is 48.7. The molecule has 1 heterocycles. The number of aliphatic carboxylic acids is 2. The van der Waals surface area contributed by atoms with E-state index in [-0.39, 0.29) is 23.4 Å². The molecule has 228 valence electrons. The Labute approximate surface area is 249 Å². The van der Waals surface area contributed by atoms with Crippen LogP contribution in [0.3, 0.4) is 0 Å². The summed E-state index contributed by atoms with van der Waals surface area (Å²) in [6, 6.07) is 20.8. The number of amides is 1. The van der Waals surface area contributed by atoms with E-state index < -0.39 is 11.9 Å². The fraction of sp³-hybridized carbons (Fsp3) is 0.312. The third kappa shape index (κ3) is 9.45. The number of rotatable bonds is 10. The van der Waals surface area contributed by atoms with E-state index >= 15 is 0 Å². The van der Waals surface area contributed by atoms with E-state index in [9.17, 15) is 14.0 Å². The first-order chi connectivity index (χ1) is 20.6. The van der Waals surface area contributed by atoms with Gasteiger partial charge in [0.05, 0.1) is 19.4 Å². The molecule has 1 aliphatic heterocycles. The first kappa shape index (κ1) is 32.9. The molecular weight excluding hydrogens is 559 g/mol. The number of halogens is 1. The van der Waals surface area contributed by atoms with Gasteiger partial charge < -0.3 is 29.5 Å². The minimum Gasteiger partial charge on any atom is -0.495 e.